The molecule has 1 heterocycles. The molecule has 1 aliphatic carbocycles. The van der Waals surface area contributed by atoms with Gasteiger partial charge in [-0.3, -0.25) is 0 Å². The van der Waals surface area contributed by atoms with Gasteiger partial charge in [0.05, 0.1) is 11.1 Å². The summed E-state index contributed by atoms with van der Waals surface area (Å²) in [7, 11) is 1.73. The Bertz CT molecular complexity index is 328. The summed E-state index contributed by atoms with van der Waals surface area (Å²) in [6.45, 7) is 1.66. The molecule has 0 saturated heterocycles. The van der Waals surface area contributed by atoms with Crippen LogP contribution in [0.5, 0.6) is 0 Å². The lowest BCUT2D eigenvalue weighted by Gasteiger charge is -2.23. The lowest BCUT2D eigenvalue weighted by Crippen LogP contribution is -2.30. The molecule has 0 atom stereocenters. The van der Waals surface area contributed by atoms with E-state index in [1.54, 1.807) is 7.11 Å². The van der Waals surface area contributed by atoms with Crippen LogP contribution in [0.25, 0.3) is 0 Å². The number of rotatable bonds is 5. The molecule has 0 aliphatic heterocycles. The maximum absolute atomic E-state index is 5.13. The van der Waals surface area contributed by atoms with E-state index in [4.69, 9.17) is 4.74 Å². The van der Waals surface area contributed by atoms with Gasteiger partial charge in [0.1, 0.15) is 5.82 Å². The second-order valence-corrected chi connectivity index (χ2v) is 4.58. The van der Waals surface area contributed by atoms with E-state index < -0.39 is 0 Å². The van der Waals surface area contributed by atoms with Crippen molar-refractivity contribution in [1.29, 1.82) is 0 Å². The summed E-state index contributed by atoms with van der Waals surface area (Å²) in [5.41, 5.74) is 0. The highest BCUT2D eigenvalue weighted by Gasteiger charge is 2.30. The number of hydrogen-bond donors (Lipinski definition) is 0. The van der Waals surface area contributed by atoms with Gasteiger partial charge in [0.2, 0.25) is 0 Å². The van der Waals surface area contributed by atoms with Crippen LogP contribution in [-0.2, 0) is 4.74 Å². The first-order chi connectivity index (χ1) is 7.33. The van der Waals surface area contributed by atoms with Gasteiger partial charge < -0.3 is 9.64 Å². The van der Waals surface area contributed by atoms with Crippen molar-refractivity contribution in [3.63, 3.8) is 0 Å². The molecule has 3 nitrogen and oxygen atoms in total. The highest BCUT2D eigenvalue weighted by Crippen LogP contribution is 2.33. The van der Waals surface area contributed by atoms with Crippen LogP contribution in [0.1, 0.15) is 12.8 Å². The molecule has 15 heavy (non-hydrogen) atoms. The van der Waals surface area contributed by atoms with Crippen molar-refractivity contribution < 1.29 is 4.74 Å². The first-order valence-corrected chi connectivity index (χ1v) is 5.98. The minimum absolute atomic E-state index is 0.659. The van der Waals surface area contributed by atoms with Gasteiger partial charge in [0.25, 0.3) is 0 Å². The summed E-state index contributed by atoms with van der Waals surface area (Å²) in [5.74, 6) is 1.04. The molecule has 0 aromatic carbocycles. The molecule has 1 aromatic rings. The molecule has 1 fully saturated rings. The van der Waals surface area contributed by atoms with Crippen LogP contribution in [0.15, 0.2) is 22.8 Å². The predicted molar refractivity (Wildman–Crippen MR) is 64.2 cm³/mol. The molecule has 2 rings (SSSR count). The Morgan fingerprint density at radius 3 is 3.00 bits per heavy atom. The average molecular weight is 271 g/mol. The smallest absolute Gasteiger partial charge is 0.143 e. The van der Waals surface area contributed by atoms with Gasteiger partial charge in [0, 0.05) is 25.9 Å². The van der Waals surface area contributed by atoms with Crippen molar-refractivity contribution in [3.05, 3.63) is 22.8 Å². The fourth-order valence-electron chi connectivity index (χ4n) is 1.63. The van der Waals surface area contributed by atoms with Crippen LogP contribution in [-0.4, -0.2) is 31.3 Å². The molecule has 1 saturated carbocycles. The van der Waals surface area contributed by atoms with Crippen LogP contribution in [0, 0.1) is 0 Å². The average Bonchev–Trinajstić information content (AvgIpc) is 3.05. The zero-order valence-corrected chi connectivity index (χ0v) is 10.4. The summed E-state index contributed by atoms with van der Waals surface area (Å²) in [6, 6.07) is 4.63. The van der Waals surface area contributed by atoms with E-state index in [1.807, 2.05) is 18.3 Å². The van der Waals surface area contributed by atoms with E-state index >= 15 is 0 Å². The first-order valence-electron chi connectivity index (χ1n) is 5.19. The zero-order chi connectivity index (χ0) is 10.7. The van der Waals surface area contributed by atoms with Gasteiger partial charge in [-0.15, -0.1) is 0 Å². The topological polar surface area (TPSA) is 25.4 Å². The number of ether oxygens (including phenoxy) is 1. The molecule has 0 N–H and O–H groups in total. The van der Waals surface area contributed by atoms with Crippen molar-refractivity contribution in [3.8, 4) is 0 Å². The monoisotopic (exact) mass is 270 g/mol. The molecule has 0 amide bonds. The van der Waals surface area contributed by atoms with Crippen LogP contribution in [0.2, 0.25) is 0 Å². The molecule has 0 radical (unpaired) electrons. The highest BCUT2D eigenvalue weighted by molar-refractivity contribution is 9.10. The molecule has 82 valence electrons. The molecule has 0 bridgehead atoms. The normalized spacial score (nSPS) is 15.3. The van der Waals surface area contributed by atoms with Gasteiger partial charge in [-0.05, 0) is 40.9 Å². The zero-order valence-electron chi connectivity index (χ0n) is 8.82. The minimum atomic E-state index is 0.659. The van der Waals surface area contributed by atoms with E-state index in [0.717, 1.165) is 23.4 Å². The van der Waals surface area contributed by atoms with Gasteiger partial charge in [0.15, 0.2) is 0 Å². The standard InChI is InChI=1S/C11H15BrN2O/c1-15-8-7-14(9-4-5-9)11-10(12)3-2-6-13-11/h2-3,6,9H,4-5,7-8H2,1H3. The van der Waals surface area contributed by atoms with Gasteiger partial charge >= 0.3 is 0 Å². The largest absolute Gasteiger partial charge is 0.383 e. The molecular weight excluding hydrogens is 256 g/mol. The second-order valence-electron chi connectivity index (χ2n) is 3.73. The lowest BCUT2D eigenvalue weighted by molar-refractivity contribution is 0.204. The Morgan fingerprint density at radius 2 is 2.40 bits per heavy atom. The molecule has 1 aromatic heterocycles. The molecule has 1 aliphatic rings. The third kappa shape index (κ3) is 2.69. The quantitative estimate of drug-likeness (QED) is 0.822. The van der Waals surface area contributed by atoms with Crippen LogP contribution >= 0.6 is 15.9 Å². The third-order valence-electron chi connectivity index (χ3n) is 2.54. The fraction of sp³-hybridized carbons (Fsp3) is 0.545. The molecule has 4 heteroatoms. The number of halogens is 1. The summed E-state index contributed by atoms with van der Waals surface area (Å²) in [4.78, 5) is 6.74. The number of pyridine rings is 1. The van der Waals surface area contributed by atoms with Crippen molar-refractivity contribution >= 4 is 21.7 Å². The Morgan fingerprint density at radius 1 is 1.60 bits per heavy atom. The summed E-state index contributed by atoms with van der Waals surface area (Å²) >= 11 is 3.54. The Balaban J connectivity index is 2.13. The van der Waals surface area contributed by atoms with Crippen LogP contribution < -0.4 is 4.90 Å². The van der Waals surface area contributed by atoms with Crippen molar-refractivity contribution in [2.24, 2.45) is 0 Å². The minimum Gasteiger partial charge on any atom is -0.383 e. The third-order valence-corrected chi connectivity index (χ3v) is 3.15. The van der Waals surface area contributed by atoms with Gasteiger partial charge in [-0.25, -0.2) is 4.98 Å². The molecule has 0 unspecified atom stereocenters. The summed E-state index contributed by atoms with van der Waals surface area (Å²) < 4.78 is 6.19. The molecule has 0 spiro atoms. The van der Waals surface area contributed by atoms with Crippen LogP contribution in [0.4, 0.5) is 5.82 Å². The Kier molecular flexibility index (Phi) is 3.59. The van der Waals surface area contributed by atoms with E-state index in [1.165, 1.54) is 12.8 Å². The van der Waals surface area contributed by atoms with Gasteiger partial charge in [-0.2, -0.15) is 0 Å². The maximum atomic E-state index is 5.13. The highest BCUT2D eigenvalue weighted by atomic mass is 79.9. The number of hydrogen-bond acceptors (Lipinski definition) is 3. The van der Waals surface area contributed by atoms with Crippen LogP contribution in [0.3, 0.4) is 0 Å². The van der Waals surface area contributed by atoms with Crippen molar-refractivity contribution in [1.82, 2.24) is 4.98 Å². The first kappa shape index (κ1) is 10.9. The van der Waals surface area contributed by atoms with Crippen molar-refractivity contribution in [2.75, 3.05) is 25.2 Å². The SMILES string of the molecule is COCCN(c1ncccc1Br)C1CC1. The maximum Gasteiger partial charge on any atom is 0.143 e. The lowest BCUT2D eigenvalue weighted by atomic mass is 10.4. The van der Waals surface area contributed by atoms with E-state index in [0.29, 0.717) is 6.04 Å². The van der Waals surface area contributed by atoms with E-state index in [-0.39, 0.29) is 0 Å². The predicted octanol–water partition coefficient (Wildman–Crippen LogP) is 2.46. The number of methoxy groups -OCH3 is 1. The van der Waals surface area contributed by atoms with Gasteiger partial charge in [-0.1, -0.05) is 0 Å². The number of aromatic nitrogens is 1. The number of nitrogens with zero attached hydrogens (tertiary/aromatic N) is 2. The van der Waals surface area contributed by atoms with E-state index in [9.17, 15) is 0 Å². The summed E-state index contributed by atoms with van der Waals surface area (Å²) in [5, 5.41) is 0. The number of anilines is 1. The second kappa shape index (κ2) is 4.94. The van der Waals surface area contributed by atoms with Crippen molar-refractivity contribution in [2.45, 2.75) is 18.9 Å². The summed E-state index contributed by atoms with van der Waals surface area (Å²) in [6.07, 6.45) is 4.38. The van der Waals surface area contributed by atoms with E-state index in [2.05, 4.69) is 25.8 Å². The molecular formula is C11H15BrN2O. The fourth-order valence-corrected chi connectivity index (χ4v) is 2.11. The Labute approximate surface area is 98.6 Å². The Hall–Kier alpha value is -0.610.